The number of carboxylic acid groups (broad SMARTS) is 1. The van der Waals surface area contributed by atoms with Crippen molar-refractivity contribution in [2.45, 2.75) is 13.8 Å². The third-order valence-corrected chi connectivity index (χ3v) is 2.49. The number of nitrogens with zero attached hydrogens (tertiary/aromatic N) is 4. The lowest BCUT2D eigenvalue weighted by atomic mass is 10.1. The smallest absolute Gasteiger partial charge is 0.339 e. The molecule has 0 spiro atoms. The van der Waals surface area contributed by atoms with E-state index in [1.165, 1.54) is 4.68 Å². The summed E-state index contributed by atoms with van der Waals surface area (Å²) in [5.41, 5.74) is 1.85. The van der Waals surface area contributed by atoms with Gasteiger partial charge in [0, 0.05) is 25.0 Å². The molecule has 2 rings (SSSR count). The highest BCUT2D eigenvalue weighted by molar-refractivity contribution is 5.96. The average molecular weight is 232 g/mol. The molecule has 0 fully saturated rings. The molecule has 0 saturated heterocycles. The van der Waals surface area contributed by atoms with Crippen LogP contribution in [0.3, 0.4) is 0 Å². The normalized spacial score (nSPS) is 10.5. The molecule has 6 nitrogen and oxygen atoms in total. The van der Waals surface area contributed by atoms with Crippen LogP contribution in [0.2, 0.25) is 0 Å². The summed E-state index contributed by atoms with van der Waals surface area (Å²) < 4.78 is 1.53. The maximum atomic E-state index is 11.2. The molecule has 0 radical (unpaired) electrons. The molecule has 0 amide bonds. The van der Waals surface area contributed by atoms with Gasteiger partial charge in [-0.15, -0.1) is 0 Å². The lowest BCUT2D eigenvalue weighted by molar-refractivity contribution is 0.0697. The van der Waals surface area contributed by atoms with Crippen LogP contribution in [0.25, 0.3) is 11.3 Å². The Morgan fingerprint density at radius 1 is 1.29 bits per heavy atom. The number of hydrogen-bond acceptors (Lipinski definition) is 4. The summed E-state index contributed by atoms with van der Waals surface area (Å²) in [6, 6.07) is 0. The van der Waals surface area contributed by atoms with Crippen LogP contribution < -0.4 is 0 Å². The fraction of sp³-hybridized carbons (Fsp3) is 0.273. The van der Waals surface area contributed by atoms with E-state index in [1.54, 1.807) is 33.3 Å². The zero-order valence-corrected chi connectivity index (χ0v) is 9.80. The monoisotopic (exact) mass is 232 g/mol. The van der Waals surface area contributed by atoms with Gasteiger partial charge in [0.15, 0.2) is 0 Å². The summed E-state index contributed by atoms with van der Waals surface area (Å²) in [5, 5.41) is 13.3. The Morgan fingerprint density at radius 3 is 2.41 bits per heavy atom. The zero-order chi connectivity index (χ0) is 12.6. The number of carbonyl (C=O) groups is 1. The molecular weight excluding hydrogens is 220 g/mol. The maximum absolute atomic E-state index is 11.2. The molecule has 0 aromatic carbocycles. The van der Waals surface area contributed by atoms with Crippen molar-refractivity contribution in [2.75, 3.05) is 0 Å². The van der Waals surface area contributed by atoms with Gasteiger partial charge in [0.25, 0.3) is 0 Å². The summed E-state index contributed by atoms with van der Waals surface area (Å²) in [5.74, 6) is -0.351. The minimum absolute atomic E-state index is 0.194. The first kappa shape index (κ1) is 11.3. The van der Waals surface area contributed by atoms with Crippen molar-refractivity contribution >= 4 is 5.97 Å². The number of aromatic nitrogens is 4. The third-order valence-electron chi connectivity index (χ3n) is 2.49. The van der Waals surface area contributed by atoms with Gasteiger partial charge in [0.05, 0.1) is 11.4 Å². The fourth-order valence-corrected chi connectivity index (χ4v) is 1.76. The van der Waals surface area contributed by atoms with E-state index in [-0.39, 0.29) is 5.56 Å². The summed E-state index contributed by atoms with van der Waals surface area (Å²) in [7, 11) is 1.70. The van der Waals surface area contributed by atoms with Crippen molar-refractivity contribution in [3.8, 4) is 11.3 Å². The molecule has 2 heterocycles. The Kier molecular flexibility index (Phi) is 2.63. The zero-order valence-electron chi connectivity index (χ0n) is 9.80. The molecule has 0 atom stereocenters. The quantitative estimate of drug-likeness (QED) is 0.841. The van der Waals surface area contributed by atoms with Crippen LogP contribution in [0, 0.1) is 13.8 Å². The van der Waals surface area contributed by atoms with E-state index in [2.05, 4.69) is 15.1 Å². The summed E-state index contributed by atoms with van der Waals surface area (Å²) in [6.07, 6.45) is 3.20. The van der Waals surface area contributed by atoms with Gasteiger partial charge in [-0.3, -0.25) is 4.68 Å². The first-order valence-electron chi connectivity index (χ1n) is 5.06. The fourth-order valence-electron chi connectivity index (χ4n) is 1.76. The van der Waals surface area contributed by atoms with Gasteiger partial charge < -0.3 is 5.11 Å². The largest absolute Gasteiger partial charge is 0.478 e. The van der Waals surface area contributed by atoms with Crippen LogP contribution in [0.5, 0.6) is 0 Å². The molecule has 88 valence electrons. The van der Waals surface area contributed by atoms with Crippen LogP contribution in [0.1, 0.15) is 21.9 Å². The average Bonchev–Trinajstić information content (AvgIpc) is 2.55. The van der Waals surface area contributed by atoms with E-state index >= 15 is 0 Å². The highest BCUT2D eigenvalue weighted by atomic mass is 16.4. The SMILES string of the molecule is Cc1ncc(-c2c(C(=O)O)c(C)nn2C)cn1. The van der Waals surface area contributed by atoms with Crippen molar-refractivity contribution in [3.05, 3.63) is 29.5 Å². The molecule has 17 heavy (non-hydrogen) atoms. The van der Waals surface area contributed by atoms with Gasteiger partial charge in [0.1, 0.15) is 11.4 Å². The van der Waals surface area contributed by atoms with Gasteiger partial charge in [-0.2, -0.15) is 5.10 Å². The van der Waals surface area contributed by atoms with Crippen molar-refractivity contribution < 1.29 is 9.90 Å². The van der Waals surface area contributed by atoms with Crippen LogP contribution in [0.4, 0.5) is 0 Å². The Morgan fingerprint density at radius 2 is 1.88 bits per heavy atom. The highest BCUT2D eigenvalue weighted by Gasteiger charge is 2.21. The number of rotatable bonds is 2. The minimum atomic E-state index is -0.994. The predicted octanol–water partition coefficient (Wildman–Crippen LogP) is 1.19. The molecule has 0 bridgehead atoms. The number of aryl methyl sites for hydroxylation is 3. The van der Waals surface area contributed by atoms with E-state index in [0.717, 1.165) is 0 Å². The van der Waals surface area contributed by atoms with Crippen molar-refractivity contribution in [2.24, 2.45) is 7.05 Å². The second-order valence-electron chi connectivity index (χ2n) is 3.76. The van der Waals surface area contributed by atoms with Crippen molar-refractivity contribution in [3.63, 3.8) is 0 Å². The van der Waals surface area contributed by atoms with Crippen molar-refractivity contribution in [1.29, 1.82) is 0 Å². The summed E-state index contributed by atoms with van der Waals surface area (Å²) in [4.78, 5) is 19.3. The van der Waals surface area contributed by atoms with E-state index in [9.17, 15) is 9.90 Å². The second-order valence-corrected chi connectivity index (χ2v) is 3.76. The summed E-state index contributed by atoms with van der Waals surface area (Å²) >= 11 is 0. The first-order valence-corrected chi connectivity index (χ1v) is 5.06. The van der Waals surface area contributed by atoms with E-state index in [4.69, 9.17) is 0 Å². The van der Waals surface area contributed by atoms with Crippen LogP contribution in [-0.4, -0.2) is 30.8 Å². The van der Waals surface area contributed by atoms with E-state index < -0.39 is 5.97 Å². The first-order chi connectivity index (χ1) is 8.00. The van der Waals surface area contributed by atoms with Crippen LogP contribution >= 0.6 is 0 Å². The highest BCUT2D eigenvalue weighted by Crippen LogP contribution is 2.24. The predicted molar refractivity (Wildman–Crippen MR) is 60.7 cm³/mol. The minimum Gasteiger partial charge on any atom is -0.478 e. The molecule has 0 aliphatic heterocycles. The Balaban J connectivity index is 2.66. The van der Waals surface area contributed by atoms with Gasteiger partial charge in [0.2, 0.25) is 0 Å². The topological polar surface area (TPSA) is 80.9 Å². The Bertz CT molecular complexity index is 572. The van der Waals surface area contributed by atoms with Gasteiger partial charge in [-0.25, -0.2) is 14.8 Å². The van der Waals surface area contributed by atoms with Crippen molar-refractivity contribution in [1.82, 2.24) is 19.7 Å². The van der Waals surface area contributed by atoms with Crippen LogP contribution in [-0.2, 0) is 7.05 Å². The lowest BCUT2D eigenvalue weighted by Crippen LogP contribution is -2.02. The molecule has 0 aliphatic carbocycles. The molecule has 2 aromatic heterocycles. The summed E-state index contributed by atoms with van der Waals surface area (Å²) in [6.45, 7) is 3.44. The molecule has 0 aliphatic rings. The molecule has 2 aromatic rings. The lowest BCUT2D eigenvalue weighted by Gasteiger charge is -2.03. The number of hydrogen-bond donors (Lipinski definition) is 1. The van der Waals surface area contributed by atoms with E-state index in [0.29, 0.717) is 22.8 Å². The molecule has 0 unspecified atom stereocenters. The molecular formula is C11H12N4O2. The van der Waals surface area contributed by atoms with Gasteiger partial charge >= 0.3 is 5.97 Å². The van der Waals surface area contributed by atoms with Gasteiger partial charge in [-0.1, -0.05) is 0 Å². The molecule has 0 saturated carbocycles. The Labute approximate surface area is 98.0 Å². The Hall–Kier alpha value is -2.24. The molecule has 6 heteroatoms. The number of aromatic carboxylic acids is 1. The second kappa shape index (κ2) is 3.97. The number of carboxylic acids is 1. The van der Waals surface area contributed by atoms with Gasteiger partial charge in [-0.05, 0) is 13.8 Å². The van der Waals surface area contributed by atoms with E-state index in [1.807, 2.05) is 0 Å². The standard InChI is InChI=1S/C11H12N4O2/c1-6-9(11(16)17)10(15(3)14-6)8-4-12-7(2)13-5-8/h4-5H,1-3H3,(H,16,17). The third kappa shape index (κ3) is 1.89. The maximum Gasteiger partial charge on any atom is 0.339 e. The van der Waals surface area contributed by atoms with Crippen LogP contribution in [0.15, 0.2) is 12.4 Å². The molecule has 1 N–H and O–H groups in total.